The van der Waals surface area contributed by atoms with Gasteiger partial charge in [0.1, 0.15) is 0 Å². The third-order valence-corrected chi connectivity index (χ3v) is 3.20. The van der Waals surface area contributed by atoms with Crippen molar-refractivity contribution in [3.05, 3.63) is 36.5 Å². The summed E-state index contributed by atoms with van der Waals surface area (Å²) in [5, 5.41) is 17.8. The highest BCUT2D eigenvalue weighted by atomic mass is 16.4. The van der Waals surface area contributed by atoms with E-state index in [1.54, 1.807) is 6.08 Å². The monoisotopic (exact) mass is 294 g/mol. The minimum Gasteiger partial charge on any atom is -0.481 e. The van der Waals surface area contributed by atoms with Crippen LogP contribution in [0.3, 0.4) is 0 Å². The van der Waals surface area contributed by atoms with E-state index in [1.165, 1.54) is 12.8 Å². The van der Waals surface area contributed by atoms with Gasteiger partial charge in [0.05, 0.1) is 6.10 Å². The Morgan fingerprint density at radius 1 is 1.00 bits per heavy atom. The largest absolute Gasteiger partial charge is 0.481 e. The summed E-state index contributed by atoms with van der Waals surface area (Å²) in [6.07, 6.45) is 20.1. The molecule has 0 saturated heterocycles. The normalized spacial score (nSPS) is 13.6. The van der Waals surface area contributed by atoms with Crippen molar-refractivity contribution in [2.24, 2.45) is 0 Å². The summed E-state index contributed by atoms with van der Waals surface area (Å²) < 4.78 is 0. The second kappa shape index (κ2) is 15.0. The van der Waals surface area contributed by atoms with Crippen molar-refractivity contribution in [2.75, 3.05) is 0 Å². The maximum absolute atomic E-state index is 10.3. The van der Waals surface area contributed by atoms with Gasteiger partial charge in [0.25, 0.3) is 0 Å². The van der Waals surface area contributed by atoms with Crippen LogP contribution in [0, 0.1) is 0 Å². The first-order valence-corrected chi connectivity index (χ1v) is 8.05. The average molecular weight is 294 g/mol. The first-order valence-electron chi connectivity index (χ1n) is 8.05. The molecule has 0 aromatic heterocycles. The zero-order valence-corrected chi connectivity index (χ0v) is 13.2. The van der Waals surface area contributed by atoms with Crippen LogP contribution < -0.4 is 0 Å². The zero-order valence-electron chi connectivity index (χ0n) is 13.2. The predicted octanol–water partition coefficient (Wildman–Crippen LogP) is 4.63. The summed E-state index contributed by atoms with van der Waals surface area (Å²) >= 11 is 0. The minimum atomic E-state index is -0.690. The number of carbonyl (C=O) groups is 1. The summed E-state index contributed by atoms with van der Waals surface area (Å²) in [6.45, 7) is 1.95. The Hall–Kier alpha value is -1.35. The molecule has 0 heterocycles. The van der Waals surface area contributed by atoms with Crippen molar-refractivity contribution in [1.82, 2.24) is 0 Å². The summed E-state index contributed by atoms with van der Waals surface area (Å²) in [4.78, 5) is 10.3. The zero-order chi connectivity index (χ0) is 15.8. The number of rotatable bonds is 13. The lowest BCUT2D eigenvalue weighted by Crippen LogP contribution is -1.97. The standard InChI is InChI=1S/C18H30O3/c1-2-17(19)15-13-11-9-7-5-3-4-6-8-10-12-14-16-18(20)21/h3,5,9,11,13,15,17,19H,2,4,6-8,10,12,14,16H2,1H3,(H,20,21)/b5-3-,11-9-,15-13-/t17-/m1/s1. The van der Waals surface area contributed by atoms with Crippen LogP contribution in [-0.2, 0) is 4.79 Å². The van der Waals surface area contributed by atoms with E-state index < -0.39 is 5.97 Å². The van der Waals surface area contributed by atoms with Crippen molar-refractivity contribution in [2.45, 2.75) is 70.8 Å². The number of hydrogen-bond donors (Lipinski definition) is 2. The quantitative estimate of drug-likeness (QED) is 0.296. The van der Waals surface area contributed by atoms with Crippen LogP contribution in [0.4, 0.5) is 0 Å². The van der Waals surface area contributed by atoms with E-state index in [2.05, 4.69) is 18.2 Å². The van der Waals surface area contributed by atoms with Crippen molar-refractivity contribution in [3.63, 3.8) is 0 Å². The van der Waals surface area contributed by atoms with Gasteiger partial charge in [-0.2, -0.15) is 0 Å². The fourth-order valence-electron chi connectivity index (χ4n) is 1.85. The molecular formula is C18H30O3. The molecule has 0 unspecified atom stereocenters. The first kappa shape index (κ1) is 19.7. The Morgan fingerprint density at radius 3 is 2.43 bits per heavy atom. The molecule has 0 fully saturated rings. The van der Waals surface area contributed by atoms with E-state index in [0.717, 1.165) is 38.5 Å². The van der Waals surface area contributed by atoms with Crippen LogP contribution in [0.5, 0.6) is 0 Å². The number of aliphatic hydroxyl groups excluding tert-OH is 1. The molecule has 0 aromatic carbocycles. The highest BCUT2D eigenvalue weighted by Crippen LogP contribution is 2.07. The fraction of sp³-hybridized carbons (Fsp3) is 0.611. The number of carboxylic acids is 1. The van der Waals surface area contributed by atoms with Crippen LogP contribution in [0.1, 0.15) is 64.7 Å². The fourth-order valence-corrected chi connectivity index (χ4v) is 1.85. The Balaban J connectivity index is 3.35. The van der Waals surface area contributed by atoms with E-state index in [4.69, 9.17) is 5.11 Å². The van der Waals surface area contributed by atoms with Gasteiger partial charge in [-0.15, -0.1) is 0 Å². The molecule has 21 heavy (non-hydrogen) atoms. The maximum Gasteiger partial charge on any atom is 0.303 e. The molecule has 3 nitrogen and oxygen atoms in total. The van der Waals surface area contributed by atoms with E-state index in [1.807, 2.05) is 19.1 Å². The topological polar surface area (TPSA) is 57.5 Å². The van der Waals surface area contributed by atoms with Gasteiger partial charge in [0, 0.05) is 6.42 Å². The van der Waals surface area contributed by atoms with Crippen molar-refractivity contribution < 1.29 is 15.0 Å². The Bertz CT molecular complexity index is 329. The molecule has 0 radical (unpaired) electrons. The van der Waals surface area contributed by atoms with Crippen molar-refractivity contribution in [1.29, 1.82) is 0 Å². The summed E-state index contributed by atoms with van der Waals surface area (Å²) in [6, 6.07) is 0. The van der Waals surface area contributed by atoms with Gasteiger partial charge in [-0.05, 0) is 32.1 Å². The Labute approximate surface area is 129 Å². The minimum absolute atomic E-state index is 0.302. The van der Waals surface area contributed by atoms with Crippen LogP contribution in [0.2, 0.25) is 0 Å². The smallest absolute Gasteiger partial charge is 0.303 e. The highest BCUT2D eigenvalue weighted by Gasteiger charge is 1.95. The van der Waals surface area contributed by atoms with Crippen LogP contribution in [0.25, 0.3) is 0 Å². The molecule has 3 heteroatoms. The molecule has 0 aromatic rings. The third-order valence-electron chi connectivity index (χ3n) is 3.20. The Morgan fingerprint density at radius 2 is 1.71 bits per heavy atom. The van der Waals surface area contributed by atoms with E-state index in [0.29, 0.717) is 6.42 Å². The molecule has 0 spiro atoms. The number of aliphatic hydroxyl groups is 1. The van der Waals surface area contributed by atoms with Gasteiger partial charge in [0.15, 0.2) is 0 Å². The van der Waals surface area contributed by atoms with Gasteiger partial charge >= 0.3 is 5.97 Å². The second-order valence-corrected chi connectivity index (χ2v) is 5.20. The number of hydrogen-bond acceptors (Lipinski definition) is 2. The van der Waals surface area contributed by atoms with E-state index in [9.17, 15) is 9.90 Å². The van der Waals surface area contributed by atoms with Gasteiger partial charge in [-0.1, -0.05) is 62.6 Å². The lowest BCUT2D eigenvalue weighted by atomic mass is 10.1. The van der Waals surface area contributed by atoms with Crippen molar-refractivity contribution in [3.8, 4) is 0 Å². The molecule has 0 aliphatic rings. The molecule has 120 valence electrons. The SMILES string of the molecule is CC[C@@H](O)/C=C\C=C/C/C=C\CCCCCCCC(=O)O. The van der Waals surface area contributed by atoms with Crippen molar-refractivity contribution >= 4 is 5.97 Å². The number of aliphatic carboxylic acids is 1. The van der Waals surface area contributed by atoms with Gasteiger partial charge in [-0.3, -0.25) is 4.79 Å². The first-order chi connectivity index (χ1) is 10.2. The molecule has 2 N–H and O–H groups in total. The number of carboxylic acid groups (broad SMARTS) is 1. The summed E-state index contributed by atoms with van der Waals surface area (Å²) in [7, 11) is 0. The highest BCUT2D eigenvalue weighted by molar-refractivity contribution is 5.66. The number of unbranched alkanes of at least 4 members (excludes halogenated alkanes) is 5. The average Bonchev–Trinajstić information content (AvgIpc) is 2.46. The van der Waals surface area contributed by atoms with Gasteiger partial charge < -0.3 is 10.2 Å². The van der Waals surface area contributed by atoms with E-state index in [-0.39, 0.29) is 6.10 Å². The molecule has 0 saturated carbocycles. The van der Waals surface area contributed by atoms with Crippen LogP contribution >= 0.6 is 0 Å². The molecule has 0 aliphatic heterocycles. The van der Waals surface area contributed by atoms with Crippen LogP contribution in [-0.4, -0.2) is 22.3 Å². The summed E-state index contributed by atoms with van der Waals surface area (Å²) in [5.41, 5.74) is 0. The molecule has 0 rings (SSSR count). The number of allylic oxidation sites excluding steroid dienone is 5. The molecular weight excluding hydrogens is 264 g/mol. The van der Waals surface area contributed by atoms with Crippen LogP contribution in [0.15, 0.2) is 36.5 Å². The Kier molecular flexibility index (Phi) is 14.1. The predicted molar refractivity (Wildman–Crippen MR) is 88.3 cm³/mol. The molecule has 1 atom stereocenters. The van der Waals surface area contributed by atoms with E-state index >= 15 is 0 Å². The maximum atomic E-state index is 10.3. The molecule has 0 amide bonds. The molecule has 0 bridgehead atoms. The van der Waals surface area contributed by atoms with Gasteiger partial charge in [-0.25, -0.2) is 0 Å². The lowest BCUT2D eigenvalue weighted by molar-refractivity contribution is -0.137. The third kappa shape index (κ3) is 16.6. The summed E-state index contributed by atoms with van der Waals surface area (Å²) in [5.74, 6) is -0.690. The lowest BCUT2D eigenvalue weighted by Gasteiger charge is -1.98. The second-order valence-electron chi connectivity index (χ2n) is 5.20. The van der Waals surface area contributed by atoms with Gasteiger partial charge in [0.2, 0.25) is 0 Å². The molecule has 0 aliphatic carbocycles.